The van der Waals surface area contributed by atoms with E-state index >= 15 is 0 Å². The highest BCUT2D eigenvalue weighted by molar-refractivity contribution is 5.88. The average Bonchev–Trinajstić information content (AvgIpc) is 2.54. The summed E-state index contributed by atoms with van der Waals surface area (Å²) in [5.41, 5.74) is 1.51. The molecule has 1 fully saturated rings. The summed E-state index contributed by atoms with van der Waals surface area (Å²) in [4.78, 5) is 19.6. The van der Waals surface area contributed by atoms with Crippen LogP contribution in [0.25, 0.3) is 11.2 Å². The third kappa shape index (κ3) is 1.50. The summed E-state index contributed by atoms with van der Waals surface area (Å²) in [6.45, 7) is 0. The van der Waals surface area contributed by atoms with Crippen molar-refractivity contribution in [3.8, 4) is 0 Å². The second-order valence-electron chi connectivity index (χ2n) is 4.50. The van der Waals surface area contributed by atoms with E-state index in [1.165, 1.54) is 25.3 Å². The van der Waals surface area contributed by atoms with Crippen LogP contribution in [-0.4, -0.2) is 25.6 Å². The number of carbonyl (C=O) groups is 1. The zero-order valence-electron chi connectivity index (χ0n) is 9.55. The molecule has 0 unspecified atom stereocenters. The summed E-state index contributed by atoms with van der Waals surface area (Å²) >= 11 is 0. The molecule has 1 N–H and O–H groups in total. The van der Waals surface area contributed by atoms with Crippen LogP contribution in [0.2, 0.25) is 0 Å². The van der Waals surface area contributed by atoms with E-state index < -0.39 is 5.97 Å². The lowest BCUT2D eigenvalue weighted by Gasteiger charge is -2.24. The number of aryl methyl sites for hydroxylation is 1. The minimum absolute atomic E-state index is 0.0701. The van der Waals surface area contributed by atoms with Crippen LogP contribution in [0.5, 0.6) is 0 Å². The van der Waals surface area contributed by atoms with Crippen LogP contribution in [-0.2, 0) is 7.05 Å². The Bertz CT molecular complexity index is 599. The zero-order valence-corrected chi connectivity index (χ0v) is 9.55. The van der Waals surface area contributed by atoms with Crippen LogP contribution in [0.15, 0.2) is 12.1 Å². The Morgan fingerprint density at radius 2 is 2.18 bits per heavy atom. The largest absolute Gasteiger partial charge is 0.477 e. The minimum atomic E-state index is -1.00. The summed E-state index contributed by atoms with van der Waals surface area (Å²) in [7, 11) is 1.90. The summed E-state index contributed by atoms with van der Waals surface area (Å²) < 4.78 is 1.92. The number of aromatic nitrogens is 3. The zero-order chi connectivity index (χ0) is 12.0. The lowest BCUT2D eigenvalue weighted by molar-refractivity contribution is 0.0691. The molecule has 0 atom stereocenters. The van der Waals surface area contributed by atoms with Gasteiger partial charge in [0.15, 0.2) is 11.3 Å². The van der Waals surface area contributed by atoms with Gasteiger partial charge in [0.2, 0.25) is 0 Å². The second-order valence-corrected chi connectivity index (χ2v) is 4.50. The molecule has 1 aliphatic rings. The molecule has 3 rings (SSSR count). The van der Waals surface area contributed by atoms with Gasteiger partial charge in [0.25, 0.3) is 0 Å². The molecule has 0 amide bonds. The fraction of sp³-hybridized carbons (Fsp3) is 0.417. The van der Waals surface area contributed by atoms with E-state index in [0.29, 0.717) is 11.6 Å². The molecule has 0 radical (unpaired) electrons. The molecule has 88 valence electrons. The first-order valence-corrected chi connectivity index (χ1v) is 5.73. The van der Waals surface area contributed by atoms with Gasteiger partial charge in [-0.2, -0.15) is 0 Å². The lowest BCUT2D eigenvalue weighted by atomic mass is 9.85. The summed E-state index contributed by atoms with van der Waals surface area (Å²) in [6.07, 6.45) is 3.59. The Balaban J connectivity index is 2.15. The average molecular weight is 231 g/mol. The van der Waals surface area contributed by atoms with Gasteiger partial charge < -0.3 is 9.67 Å². The Kier molecular flexibility index (Phi) is 2.14. The number of carboxylic acids is 1. The number of rotatable bonds is 2. The van der Waals surface area contributed by atoms with E-state index in [-0.39, 0.29) is 5.69 Å². The van der Waals surface area contributed by atoms with Gasteiger partial charge in [-0.3, -0.25) is 0 Å². The first kappa shape index (κ1) is 10.3. The number of carboxylic acid groups (broad SMARTS) is 1. The maximum absolute atomic E-state index is 10.9. The lowest BCUT2D eigenvalue weighted by Crippen LogP contribution is -2.14. The number of imidazole rings is 1. The van der Waals surface area contributed by atoms with Gasteiger partial charge in [0, 0.05) is 13.0 Å². The normalized spacial score (nSPS) is 16.1. The van der Waals surface area contributed by atoms with Crippen LogP contribution < -0.4 is 0 Å². The Hall–Kier alpha value is -1.91. The first-order valence-electron chi connectivity index (χ1n) is 5.73. The first-order chi connectivity index (χ1) is 8.16. The Morgan fingerprint density at radius 3 is 2.76 bits per heavy atom. The van der Waals surface area contributed by atoms with Gasteiger partial charge >= 0.3 is 5.97 Å². The van der Waals surface area contributed by atoms with Gasteiger partial charge in [-0.25, -0.2) is 14.8 Å². The van der Waals surface area contributed by atoms with Crippen molar-refractivity contribution in [2.75, 3.05) is 0 Å². The van der Waals surface area contributed by atoms with Crippen molar-refractivity contribution >= 4 is 17.1 Å². The molecule has 0 bridgehead atoms. The van der Waals surface area contributed by atoms with E-state index in [4.69, 9.17) is 5.11 Å². The monoisotopic (exact) mass is 231 g/mol. The van der Waals surface area contributed by atoms with Crippen LogP contribution in [0.3, 0.4) is 0 Å². The topological polar surface area (TPSA) is 68.0 Å². The highest BCUT2D eigenvalue weighted by atomic mass is 16.4. The van der Waals surface area contributed by atoms with Crippen molar-refractivity contribution in [1.29, 1.82) is 0 Å². The van der Waals surface area contributed by atoms with Crippen molar-refractivity contribution in [3.05, 3.63) is 23.7 Å². The summed E-state index contributed by atoms with van der Waals surface area (Å²) in [5.74, 6) is 0.544. The Labute approximate surface area is 98.1 Å². The Morgan fingerprint density at radius 1 is 1.41 bits per heavy atom. The van der Waals surface area contributed by atoms with Gasteiger partial charge in [-0.1, -0.05) is 6.42 Å². The number of aromatic carboxylic acids is 1. The molecule has 17 heavy (non-hydrogen) atoms. The molecule has 5 nitrogen and oxygen atoms in total. The minimum Gasteiger partial charge on any atom is -0.477 e. The number of nitrogens with zero attached hydrogens (tertiary/aromatic N) is 3. The summed E-state index contributed by atoms with van der Waals surface area (Å²) in [5, 5.41) is 8.92. The third-order valence-electron chi connectivity index (χ3n) is 3.44. The summed E-state index contributed by atoms with van der Waals surface area (Å²) in [6, 6.07) is 3.23. The smallest absolute Gasteiger partial charge is 0.354 e. The molecule has 2 aromatic rings. The van der Waals surface area contributed by atoms with Gasteiger partial charge in [-0.15, -0.1) is 0 Å². The predicted octanol–water partition coefficient (Wildman–Crippen LogP) is 1.93. The maximum atomic E-state index is 10.9. The number of hydrogen-bond donors (Lipinski definition) is 1. The second kappa shape index (κ2) is 3.55. The van der Waals surface area contributed by atoms with Crippen LogP contribution in [0.4, 0.5) is 0 Å². The molecule has 1 aliphatic carbocycles. The predicted molar refractivity (Wildman–Crippen MR) is 62.1 cm³/mol. The standard InChI is InChI=1S/C12H13N3O2/c1-15-10(7-3-2-4-7)13-8-5-6-9(12(16)17)14-11(8)15/h5-7H,2-4H2,1H3,(H,16,17). The van der Waals surface area contributed by atoms with Crippen molar-refractivity contribution in [3.63, 3.8) is 0 Å². The van der Waals surface area contributed by atoms with Gasteiger partial charge in [-0.05, 0) is 25.0 Å². The quantitative estimate of drug-likeness (QED) is 0.857. The number of pyridine rings is 1. The van der Waals surface area contributed by atoms with E-state index in [0.717, 1.165) is 11.3 Å². The van der Waals surface area contributed by atoms with Crippen molar-refractivity contribution in [2.45, 2.75) is 25.2 Å². The van der Waals surface area contributed by atoms with E-state index in [1.807, 2.05) is 11.6 Å². The third-order valence-corrected chi connectivity index (χ3v) is 3.44. The highest BCUT2D eigenvalue weighted by Crippen LogP contribution is 2.36. The van der Waals surface area contributed by atoms with Crippen LogP contribution >= 0.6 is 0 Å². The van der Waals surface area contributed by atoms with Crippen molar-refractivity contribution in [2.24, 2.45) is 7.05 Å². The maximum Gasteiger partial charge on any atom is 0.354 e. The van der Waals surface area contributed by atoms with Crippen LogP contribution in [0.1, 0.15) is 41.5 Å². The molecule has 0 saturated heterocycles. The fourth-order valence-corrected chi connectivity index (χ4v) is 2.23. The molecular formula is C12H13N3O2. The SMILES string of the molecule is Cn1c(C2CCC2)nc2ccc(C(=O)O)nc21. The number of fused-ring (bicyclic) bond motifs is 1. The fourth-order valence-electron chi connectivity index (χ4n) is 2.23. The van der Waals surface area contributed by atoms with Gasteiger partial charge in [0.1, 0.15) is 11.3 Å². The van der Waals surface area contributed by atoms with Gasteiger partial charge in [0.05, 0.1) is 0 Å². The number of hydrogen-bond acceptors (Lipinski definition) is 3. The molecule has 2 aromatic heterocycles. The molecule has 0 spiro atoms. The molecule has 2 heterocycles. The molecule has 1 saturated carbocycles. The van der Waals surface area contributed by atoms with Crippen molar-refractivity contribution < 1.29 is 9.90 Å². The van der Waals surface area contributed by atoms with E-state index in [2.05, 4.69) is 9.97 Å². The molecular weight excluding hydrogens is 218 g/mol. The molecule has 5 heteroatoms. The van der Waals surface area contributed by atoms with Crippen LogP contribution in [0, 0.1) is 0 Å². The highest BCUT2D eigenvalue weighted by Gasteiger charge is 2.25. The van der Waals surface area contributed by atoms with E-state index in [1.54, 1.807) is 6.07 Å². The van der Waals surface area contributed by atoms with Crippen molar-refractivity contribution in [1.82, 2.24) is 14.5 Å². The van der Waals surface area contributed by atoms with E-state index in [9.17, 15) is 4.79 Å². The molecule has 0 aliphatic heterocycles. The molecule has 0 aromatic carbocycles.